The van der Waals surface area contributed by atoms with Gasteiger partial charge in [0.2, 0.25) is 0 Å². The fourth-order valence-electron chi connectivity index (χ4n) is 3.11. The molecule has 1 aromatic heterocycles. The first-order valence-electron chi connectivity index (χ1n) is 9.08. The highest BCUT2D eigenvalue weighted by molar-refractivity contribution is 7.91. The zero-order chi connectivity index (χ0) is 20.3. The predicted octanol–water partition coefficient (Wildman–Crippen LogP) is 3.43. The number of hydrogen-bond acceptors (Lipinski definition) is 4. The molecule has 0 fully saturated rings. The van der Waals surface area contributed by atoms with Crippen molar-refractivity contribution in [1.82, 2.24) is 9.88 Å². The number of methoxy groups -OCH3 is 1. The Morgan fingerprint density at radius 1 is 1.11 bits per heavy atom. The summed E-state index contributed by atoms with van der Waals surface area (Å²) in [6.45, 7) is 4.14. The maximum absolute atomic E-state index is 12.7. The zero-order valence-corrected chi connectivity index (χ0v) is 17.0. The van der Waals surface area contributed by atoms with Crippen molar-refractivity contribution in [2.45, 2.75) is 24.8 Å². The Bertz CT molecular complexity index is 1080. The van der Waals surface area contributed by atoms with E-state index < -0.39 is 9.84 Å². The molecule has 3 rings (SSSR count). The van der Waals surface area contributed by atoms with Crippen LogP contribution in [0.2, 0.25) is 0 Å². The molecule has 0 unspecified atom stereocenters. The smallest absolute Gasteiger partial charge is 0.253 e. The van der Waals surface area contributed by atoms with Crippen LogP contribution in [0, 0.1) is 0 Å². The Balaban J connectivity index is 1.71. The maximum Gasteiger partial charge on any atom is 0.253 e. The van der Waals surface area contributed by atoms with Gasteiger partial charge >= 0.3 is 0 Å². The van der Waals surface area contributed by atoms with Crippen LogP contribution >= 0.6 is 0 Å². The van der Waals surface area contributed by atoms with Crippen LogP contribution in [0.15, 0.2) is 59.6 Å². The molecule has 6 nitrogen and oxygen atoms in total. The van der Waals surface area contributed by atoms with Crippen molar-refractivity contribution >= 4 is 26.6 Å². The molecule has 0 aliphatic rings. The van der Waals surface area contributed by atoms with Crippen LogP contribution in [-0.4, -0.2) is 38.3 Å². The first-order valence-corrected chi connectivity index (χ1v) is 10.7. The van der Waals surface area contributed by atoms with Crippen LogP contribution in [0.3, 0.4) is 0 Å². The van der Waals surface area contributed by atoms with Gasteiger partial charge in [0, 0.05) is 29.7 Å². The number of rotatable bonds is 7. The van der Waals surface area contributed by atoms with E-state index in [9.17, 15) is 13.2 Å². The molecule has 7 heteroatoms. The molecule has 28 heavy (non-hydrogen) atoms. The highest BCUT2D eigenvalue weighted by atomic mass is 32.2. The van der Waals surface area contributed by atoms with Gasteiger partial charge in [-0.2, -0.15) is 0 Å². The lowest BCUT2D eigenvalue weighted by Crippen LogP contribution is -2.29. The van der Waals surface area contributed by atoms with Crippen LogP contribution in [0.25, 0.3) is 10.9 Å². The first kappa shape index (κ1) is 19.9. The van der Waals surface area contributed by atoms with Crippen molar-refractivity contribution in [3.8, 4) is 5.75 Å². The minimum atomic E-state index is -3.49. The summed E-state index contributed by atoms with van der Waals surface area (Å²) in [5.41, 5.74) is 1.53. The maximum atomic E-state index is 12.7. The van der Waals surface area contributed by atoms with Gasteiger partial charge in [-0.05, 0) is 44.2 Å². The van der Waals surface area contributed by atoms with Crippen molar-refractivity contribution in [3.63, 3.8) is 0 Å². The van der Waals surface area contributed by atoms with E-state index >= 15 is 0 Å². The van der Waals surface area contributed by atoms with E-state index in [1.54, 1.807) is 12.1 Å². The minimum absolute atomic E-state index is 0.0361. The number of carbonyl (C=O) groups excluding carboxylic acids is 1. The monoisotopic (exact) mass is 400 g/mol. The number of para-hydroxylation sites is 1. The molecule has 0 radical (unpaired) electrons. The van der Waals surface area contributed by atoms with Crippen molar-refractivity contribution in [1.29, 1.82) is 0 Å². The van der Waals surface area contributed by atoms with Crippen molar-refractivity contribution in [3.05, 3.63) is 60.3 Å². The van der Waals surface area contributed by atoms with Crippen LogP contribution in [-0.2, 0) is 9.84 Å². The Labute approximate surface area is 165 Å². The van der Waals surface area contributed by atoms with Gasteiger partial charge in [-0.3, -0.25) is 4.79 Å². The second-order valence-electron chi connectivity index (χ2n) is 6.81. The Morgan fingerprint density at radius 3 is 2.43 bits per heavy atom. The lowest BCUT2D eigenvalue weighted by Gasteiger charge is -2.08. The van der Waals surface area contributed by atoms with Crippen LogP contribution in [0.1, 0.15) is 30.2 Å². The van der Waals surface area contributed by atoms with Gasteiger partial charge in [-0.1, -0.05) is 18.2 Å². The van der Waals surface area contributed by atoms with Gasteiger partial charge in [-0.25, -0.2) is 8.42 Å². The molecular weight excluding hydrogens is 376 g/mol. The Morgan fingerprint density at radius 2 is 1.79 bits per heavy atom. The summed E-state index contributed by atoms with van der Waals surface area (Å²) in [5, 5.41) is 3.59. The molecular formula is C21H24N2O4S. The highest BCUT2D eigenvalue weighted by Gasteiger charge is 2.18. The summed E-state index contributed by atoms with van der Waals surface area (Å²) < 4.78 is 32.0. The van der Waals surface area contributed by atoms with E-state index in [0.717, 1.165) is 10.9 Å². The lowest BCUT2D eigenvalue weighted by atomic mass is 10.1. The topological polar surface area (TPSA) is 77.4 Å². The van der Waals surface area contributed by atoms with Crippen molar-refractivity contribution in [2.75, 3.05) is 19.4 Å². The second-order valence-corrected chi connectivity index (χ2v) is 8.92. The molecule has 0 spiro atoms. The van der Waals surface area contributed by atoms with E-state index in [0.29, 0.717) is 11.3 Å². The summed E-state index contributed by atoms with van der Waals surface area (Å²) >= 11 is 0. The number of carbonyl (C=O) groups is 1. The van der Waals surface area contributed by atoms with Gasteiger partial charge in [0.05, 0.1) is 23.3 Å². The Kier molecular flexibility index (Phi) is 5.74. The number of fused-ring (bicyclic) bond motifs is 1. The van der Waals surface area contributed by atoms with Gasteiger partial charge < -0.3 is 14.6 Å². The number of nitrogens with one attached hydrogen (secondary N) is 1. The second kappa shape index (κ2) is 8.06. The van der Waals surface area contributed by atoms with Crippen LogP contribution in [0.5, 0.6) is 5.75 Å². The molecule has 2 aromatic carbocycles. The number of benzene rings is 2. The van der Waals surface area contributed by atoms with Crippen molar-refractivity contribution in [2.24, 2.45) is 0 Å². The van der Waals surface area contributed by atoms with Crippen LogP contribution in [0.4, 0.5) is 0 Å². The number of hydrogen-bond donors (Lipinski definition) is 1. The number of aromatic nitrogens is 1. The molecule has 1 amide bonds. The third kappa shape index (κ3) is 4.04. The highest BCUT2D eigenvalue weighted by Crippen LogP contribution is 2.24. The molecule has 1 heterocycles. The molecule has 0 saturated heterocycles. The standard InChI is InChI=1S/C21H24N2O4S/c1-15(2)23-14-19(18-6-4-5-7-20(18)23)21(24)22-12-13-28(25,26)17-10-8-16(27-3)9-11-17/h4-11,14-15H,12-13H2,1-3H3,(H,22,24). The molecule has 0 saturated carbocycles. The lowest BCUT2D eigenvalue weighted by molar-refractivity contribution is 0.0957. The minimum Gasteiger partial charge on any atom is -0.497 e. The zero-order valence-electron chi connectivity index (χ0n) is 16.2. The quantitative estimate of drug-likeness (QED) is 0.659. The first-order chi connectivity index (χ1) is 13.3. The summed E-state index contributed by atoms with van der Waals surface area (Å²) in [4.78, 5) is 12.9. The van der Waals surface area contributed by atoms with E-state index in [-0.39, 0.29) is 29.1 Å². The van der Waals surface area contributed by atoms with E-state index in [4.69, 9.17) is 4.74 Å². The average molecular weight is 401 g/mol. The predicted molar refractivity (Wildman–Crippen MR) is 110 cm³/mol. The van der Waals surface area contributed by atoms with Gasteiger partial charge in [0.25, 0.3) is 5.91 Å². The van der Waals surface area contributed by atoms with Crippen LogP contribution < -0.4 is 10.1 Å². The molecule has 0 atom stereocenters. The SMILES string of the molecule is COc1ccc(S(=O)(=O)CCNC(=O)c2cn(C(C)C)c3ccccc23)cc1. The van der Waals surface area contributed by atoms with E-state index in [2.05, 4.69) is 19.2 Å². The van der Waals surface area contributed by atoms with Gasteiger partial charge in [0.15, 0.2) is 9.84 Å². The van der Waals surface area contributed by atoms with Gasteiger partial charge in [0.1, 0.15) is 5.75 Å². The van der Waals surface area contributed by atoms with E-state index in [1.165, 1.54) is 19.2 Å². The number of sulfone groups is 1. The van der Waals surface area contributed by atoms with Crippen molar-refractivity contribution < 1.29 is 17.9 Å². The third-order valence-electron chi connectivity index (χ3n) is 4.62. The molecule has 0 aliphatic carbocycles. The third-order valence-corrected chi connectivity index (χ3v) is 6.35. The van der Waals surface area contributed by atoms with E-state index in [1.807, 2.05) is 35.0 Å². The van der Waals surface area contributed by atoms with Gasteiger partial charge in [-0.15, -0.1) is 0 Å². The summed E-state index contributed by atoms with van der Waals surface area (Å²) in [6.07, 6.45) is 1.82. The number of nitrogens with zero attached hydrogens (tertiary/aromatic N) is 1. The normalized spacial score (nSPS) is 11.7. The summed E-state index contributed by atoms with van der Waals surface area (Å²) in [6, 6.07) is 14.1. The average Bonchev–Trinajstić information content (AvgIpc) is 3.08. The number of amides is 1. The molecule has 3 aromatic rings. The fraction of sp³-hybridized carbons (Fsp3) is 0.286. The Hall–Kier alpha value is -2.80. The number of ether oxygens (including phenoxy) is 1. The molecule has 0 aliphatic heterocycles. The largest absolute Gasteiger partial charge is 0.497 e. The summed E-state index contributed by atoms with van der Waals surface area (Å²) in [5.74, 6) is 0.141. The fourth-order valence-corrected chi connectivity index (χ4v) is 4.27. The molecule has 1 N–H and O–H groups in total. The summed E-state index contributed by atoms with van der Waals surface area (Å²) in [7, 11) is -1.97. The molecule has 148 valence electrons. The molecule has 0 bridgehead atoms.